The van der Waals surface area contributed by atoms with Gasteiger partial charge in [-0.1, -0.05) is 0 Å². The summed E-state index contributed by atoms with van der Waals surface area (Å²) >= 11 is 0. The molecule has 0 N–H and O–H groups in total. The molecule has 1 atom stereocenters. The minimum atomic E-state index is -0.0338. The van der Waals surface area contributed by atoms with Gasteiger partial charge in [0, 0.05) is 38.9 Å². The summed E-state index contributed by atoms with van der Waals surface area (Å²) in [6.07, 6.45) is 6.30. The SMILES string of the molecule is Cc1nn(C)c(C)c1C(=O)N1CCC2(CCCN(C)C2C(=O)N2CCCC2)CC1. The summed E-state index contributed by atoms with van der Waals surface area (Å²) < 4.78 is 1.79. The number of likely N-dealkylation sites (N-methyl/N-ethyl adjacent to an activating group) is 1. The van der Waals surface area contributed by atoms with Gasteiger partial charge in [0.25, 0.3) is 5.91 Å². The molecular formula is C22H35N5O2. The quantitative estimate of drug-likeness (QED) is 0.760. The Balaban J connectivity index is 1.51. The monoisotopic (exact) mass is 401 g/mol. The molecule has 0 radical (unpaired) electrons. The first kappa shape index (κ1) is 20.4. The van der Waals surface area contributed by atoms with Crippen LogP contribution in [0.25, 0.3) is 0 Å². The Bertz CT molecular complexity index is 787. The molecule has 1 aromatic rings. The Hall–Kier alpha value is -1.89. The van der Waals surface area contributed by atoms with E-state index in [0.29, 0.717) is 5.91 Å². The van der Waals surface area contributed by atoms with E-state index in [9.17, 15) is 9.59 Å². The highest BCUT2D eigenvalue weighted by molar-refractivity contribution is 5.96. The second-order valence-electron chi connectivity index (χ2n) is 9.34. The maximum atomic E-state index is 13.4. The summed E-state index contributed by atoms with van der Waals surface area (Å²) in [6, 6.07) is -0.0338. The molecule has 0 aromatic carbocycles. The lowest BCUT2D eigenvalue weighted by molar-refractivity contribution is -0.145. The van der Waals surface area contributed by atoms with E-state index in [1.165, 1.54) is 0 Å². The van der Waals surface area contributed by atoms with Gasteiger partial charge in [-0.3, -0.25) is 19.2 Å². The minimum Gasteiger partial charge on any atom is -0.341 e. The van der Waals surface area contributed by atoms with Crippen LogP contribution < -0.4 is 0 Å². The van der Waals surface area contributed by atoms with Gasteiger partial charge in [-0.05, 0) is 71.4 Å². The fourth-order valence-electron chi connectivity index (χ4n) is 5.89. The number of nitrogens with zero attached hydrogens (tertiary/aromatic N) is 5. The van der Waals surface area contributed by atoms with Crippen molar-refractivity contribution in [3.05, 3.63) is 17.0 Å². The molecule has 29 heavy (non-hydrogen) atoms. The number of amides is 2. The van der Waals surface area contributed by atoms with E-state index in [0.717, 1.165) is 88.2 Å². The maximum Gasteiger partial charge on any atom is 0.257 e. The number of carbonyl (C=O) groups excluding carboxylic acids is 2. The Morgan fingerprint density at radius 2 is 1.55 bits per heavy atom. The van der Waals surface area contributed by atoms with E-state index < -0.39 is 0 Å². The van der Waals surface area contributed by atoms with E-state index in [2.05, 4.69) is 21.9 Å². The summed E-state index contributed by atoms with van der Waals surface area (Å²) in [5, 5.41) is 4.41. The molecule has 4 rings (SSSR count). The summed E-state index contributed by atoms with van der Waals surface area (Å²) in [6.45, 7) is 8.12. The third-order valence-electron chi connectivity index (χ3n) is 7.63. The molecule has 0 saturated carbocycles. The zero-order chi connectivity index (χ0) is 20.8. The van der Waals surface area contributed by atoms with Crippen LogP contribution in [0.1, 0.15) is 60.3 Å². The van der Waals surface area contributed by atoms with Crippen molar-refractivity contribution >= 4 is 11.8 Å². The molecule has 3 fully saturated rings. The van der Waals surface area contributed by atoms with Gasteiger partial charge in [0.05, 0.1) is 17.3 Å². The third-order valence-corrected chi connectivity index (χ3v) is 7.63. The number of hydrogen-bond acceptors (Lipinski definition) is 4. The smallest absolute Gasteiger partial charge is 0.257 e. The number of rotatable bonds is 2. The van der Waals surface area contributed by atoms with Crippen LogP contribution in [0.3, 0.4) is 0 Å². The number of aryl methyl sites for hydroxylation is 2. The lowest BCUT2D eigenvalue weighted by Gasteiger charge is -2.52. The highest BCUT2D eigenvalue weighted by Crippen LogP contribution is 2.45. The molecular weight excluding hydrogens is 366 g/mol. The topological polar surface area (TPSA) is 61.7 Å². The molecule has 4 heterocycles. The Morgan fingerprint density at radius 1 is 0.897 bits per heavy atom. The normalized spacial score (nSPS) is 25.0. The molecule has 2 amide bonds. The fourth-order valence-corrected chi connectivity index (χ4v) is 5.89. The van der Waals surface area contributed by atoms with Gasteiger partial charge in [0.1, 0.15) is 0 Å². The maximum absolute atomic E-state index is 13.4. The van der Waals surface area contributed by atoms with Gasteiger partial charge >= 0.3 is 0 Å². The van der Waals surface area contributed by atoms with Crippen LogP contribution in [0.4, 0.5) is 0 Å². The standard InChI is InChI=1S/C22H35N5O2/c1-16-18(17(2)25(4)23-16)20(28)27-14-9-22(10-15-27)8-7-11-24(3)19(22)21(29)26-12-5-6-13-26/h19H,5-15H2,1-4H3. The molecule has 0 bridgehead atoms. The van der Waals surface area contributed by atoms with Gasteiger partial charge in [-0.25, -0.2) is 0 Å². The summed E-state index contributed by atoms with van der Waals surface area (Å²) in [5.74, 6) is 0.415. The van der Waals surface area contributed by atoms with Crippen molar-refractivity contribution in [1.29, 1.82) is 0 Å². The van der Waals surface area contributed by atoms with E-state index in [1.54, 1.807) is 4.68 Å². The second kappa shape index (κ2) is 7.74. The molecule has 3 aliphatic heterocycles. The second-order valence-corrected chi connectivity index (χ2v) is 9.34. The fraction of sp³-hybridized carbons (Fsp3) is 0.773. The van der Waals surface area contributed by atoms with Crippen molar-refractivity contribution in [2.24, 2.45) is 12.5 Å². The molecule has 3 aliphatic rings. The van der Waals surface area contributed by atoms with Crippen LogP contribution in [-0.2, 0) is 11.8 Å². The summed E-state index contributed by atoms with van der Waals surface area (Å²) in [7, 11) is 4.00. The molecule has 3 saturated heterocycles. The van der Waals surface area contributed by atoms with Gasteiger partial charge in [-0.2, -0.15) is 5.10 Å². The van der Waals surface area contributed by atoms with Crippen molar-refractivity contribution in [1.82, 2.24) is 24.5 Å². The van der Waals surface area contributed by atoms with Crippen molar-refractivity contribution in [3.8, 4) is 0 Å². The van der Waals surface area contributed by atoms with Crippen LogP contribution in [-0.4, -0.2) is 82.1 Å². The predicted molar refractivity (Wildman–Crippen MR) is 112 cm³/mol. The molecule has 1 unspecified atom stereocenters. The number of piperidine rings is 2. The van der Waals surface area contributed by atoms with E-state index in [4.69, 9.17) is 0 Å². The zero-order valence-corrected chi connectivity index (χ0v) is 18.4. The zero-order valence-electron chi connectivity index (χ0n) is 18.4. The number of carbonyl (C=O) groups is 2. The third kappa shape index (κ3) is 3.47. The predicted octanol–water partition coefficient (Wildman–Crippen LogP) is 1.98. The minimum absolute atomic E-state index is 0.00246. The molecule has 7 nitrogen and oxygen atoms in total. The van der Waals surface area contributed by atoms with Crippen LogP contribution in [0.15, 0.2) is 0 Å². The van der Waals surface area contributed by atoms with Gasteiger partial charge < -0.3 is 9.80 Å². The lowest BCUT2D eigenvalue weighted by atomic mass is 9.66. The van der Waals surface area contributed by atoms with Crippen molar-refractivity contribution in [2.45, 2.75) is 58.4 Å². The van der Waals surface area contributed by atoms with Gasteiger partial charge in [0.2, 0.25) is 5.91 Å². The Kier molecular flexibility index (Phi) is 5.44. The number of likely N-dealkylation sites (tertiary alicyclic amines) is 3. The highest BCUT2D eigenvalue weighted by Gasteiger charge is 2.50. The lowest BCUT2D eigenvalue weighted by Crippen LogP contribution is -2.61. The Labute approximate surface area is 174 Å². The molecule has 1 aromatic heterocycles. The van der Waals surface area contributed by atoms with Crippen molar-refractivity contribution in [2.75, 3.05) is 39.8 Å². The largest absolute Gasteiger partial charge is 0.341 e. The summed E-state index contributed by atoms with van der Waals surface area (Å²) in [4.78, 5) is 33.0. The molecule has 7 heteroatoms. The first-order valence-electron chi connectivity index (χ1n) is 11.1. The first-order valence-corrected chi connectivity index (χ1v) is 11.1. The van der Waals surface area contributed by atoms with Crippen molar-refractivity contribution < 1.29 is 9.59 Å². The average Bonchev–Trinajstić information content (AvgIpc) is 3.30. The molecule has 0 aliphatic carbocycles. The van der Waals surface area contributed by atoms with Gasteiger partial charge in [0.15, 0.2) is 0 Å². The Morgan fingerprint density at radius 3 is 2.14 bits per heavy atom. The van der Waals surface area contributed by atoms with E-state index in [1.807, 2.05) is 25.8 Å². The molecule has 1 spiro atoms. The van der Waals surface area contributed by atoms with Gasteiger partial charge in [-0.15, -0.1) is 0 Å². The number of hydrogen-bond donors (Lipinski definition) is 0. The first-order chi connectivity index (χ1) is 13.8. The van der Waals surface area contributed by atoms with E-state index in [-0.39, 0.29) is 17.4 Å². The summed E-state index contributed by atoms with van der Waals surface area (Å²) in [5.41, 5.74) is 2.47. The highest BCUT2D eigenvalue weighted by atomic mass is 16.2. The van der Waals surface area contributed by atoms with Crippen LogP contribution in [0.5, 0.6) is 0 Å². The molecule has 160 valence electrons. The van der Waals surface area contributed by atoms with Crippen molar-refractivity contribution in [3.63, 3.8) is 0 Å². The van der Waals surface area contributed by atoms with Crippen LogP contribution >= 0.6 is 0 Å². The van der Waals surface area contributed by atoms with Crippen LogP contribution in [0, 0.1) is 19.3 Å². The van der Waals surface area contributed by atoms with Crippen LogP contribution in [0.2, 0.25) is 0 Å². The average molecular weight is 402 g/mol. The number of aromatic nitrogens is 2. The van der Waals surface area contributed by atoms with E-state index >= 15 is 0 Å².